The van der Waals surface area contributed by atoms with Gasteiger partial charge >= 0.3 is 5.97 Å². The van der Waals surface area contributed by atoms with Gasteiger partial charge in [-0.1, -0.05) is 0 Å². The summed E-state index contributed by atoms with van der Waals surface area (Å²) in [5.41, 5.74) is 1.89. The first-order valence-electron chi connectivity index (χ1n) is 6.79. The predicted molar refractivity (Wildman–Crippen MR) is 70.1 cm³/mol. The van der Waals surface area contributed by atoms with Gasteiger partial charge in [0.1, 0.15) is 5.82 Å². The third-order valence-electron chi connectivity index (χ3n) is 4.05. The number of rotatable bonds is 3. The van der Waals surface area contributed by atoms with E-state index >= 15 is 0 Å². The number of aryl methyl sites for hydroxylation is 1. The summed E-state index contributed by atoms with van der Waals surface area (Å²) in [4.78, 5) is 15.5. The van der Waals surface area contributed by atoms with Crippen LogP contribution in [0.3, 0.4) is 0 Å². The van der Waals surface area contributed by atoms with Crippen molar-refractivity contribution in [2.45, 2.75) is 39.0 Å². The molecule has 0 amide bonds. The lowest BCUT2D eigenvalue weighted by atomic mass is 9.79. The number of aromatic nitrogens is 1. The summed E-state index contributed by atoms with van der Waals surface area (Å²) in [7, 11) is 1.44. The molecule has 0 bridgehead atoms. The number of ether oxygens (including phenoxy) is 1. The van der Waals surface area contributed by atoms with Crippen LogP contribution in [-0.2, 0) is 16.0 Å². The lowest BCUT2D eigenvalue weighted by Gasteiger charge is -2.27. The van der Waals surface area contributed by atoms with E-state index in [1.54, 1.807) is 6.07 Å². The number of pyridine rings is 1. The molecule has 0 N–H and O–H groups in total. The van der Waals surface area contributed by atoms with Gasteiger partial charge in [-0.05, 0) is 56.6 Å². The molecule has 0 aromatic carbocycles. The van der Waals surface area contributed by atoms with E-state index in [1.165, 1.54) is 13.3 Å². The fourth-order valence-electron chi connectivity index (χ4n) is 2.84. The first-order valence-corrected chi connectivity index (χ1v) is 6.79. The van der Waals surface area contributed by atoms with Crippen molar-refractivity contribution >= 4 is 5.97 Å². The van der Waals surface area contributed by atoms with Crippen molar-refractivity contribution in [3.05, 3.63) is 29.3 Å². The summed E-state index contributed by atoms with van der Waals surface area (Å²) in [6.45, 7) is 1.91. The monoisotopic (exact) mass is 265 g/mol. The van der Waals surface area contributed by atoms with Gasteiger partial charge < -0.3 is 4.74 Å². The molecule has 1 fully saturated rings. The van der Waals surface area contributed by atoms with E-state index in [4.69, 9.17) is 4.74 Å². The minimum Gasteiger partial charge on any atom is -0.469 e. The molecule has 1 aromatic rings. The maximum atomic E-state index is 13.2. The van der Waals surface area contributed by atoms with E-state index < -0.39 is 0 Å². The smallest absolute Gasteiger partial charge is 0.308 e. The largest absolute Gasteiger partial charge is 0.469 e. The fraction of sp³-hybridized carbons (Fsp3) is 0.600. The molecule has 0 atom stereocenters. The second-order valence-electron chi connectivity index (χ2n) is 5.34. The van der Waals surface area contributed by atoms with Crippen LogP contribution in [-0.4, -0.2) is 18.1 Å². The number of hydrogen-bond donors (Lipinski definition) is 0. The summed E-state index contributed by atoms with van der Waals surface area (Å²) < 4.78 is 18.0. The highest BCUT2D eigenvalue weighted by Gasteiger charge is 2.27. The Balaban J connectivity index is 1.92. The van der Waals surface area contributed by atoms with Gasteiger partial charge in [0.25, 0.3) is 0 Å². The molecule has 1 saturated carbocycles. The SMILES string of the molecule is COC(=O)C1CCC(Cc2cc(F)cnc2C)CC1. The lowest BCUT2D eigenvalue weighted by Crippen LogP contribution is -2.23. The van der Waals surface area contributed by atoms with E-state index in [0.717, 1.165) is 43.4 Å². The van der Waals surface area contributed by atoms with Gasteiger partial charge in [0.15, 0.2) is 0 Å². The Labute approximate surface area is 113 Å². The topological polar surface area (TPSA) is 39.2 Å². The van der Waals surface area contributed by atoms with Gasteiger partial charge in [-0.2, -0.15) is 0 Å². The lowest BCUT2D eigenvalue weighted by molar-refractivity contribution is -0.146. The first kappa shape index (κ1) is 14.0. The molecular formula is C15H20FNO2. The number of esters is 1. The first-order chi connectivity index (χ1) is 9.10. The van der Waals surface area contributed by atoms with Crippen molar-refractivity contribution in [3.63, 3.8) is 0 Å². The third kappa shape index (κ3) is 3.52. The predicted octanol–water partition coefficient (Wildman–Crippen LogP) is 3.05. The quantitative estimate of drug-likeness (QED) is 0.788. The van der Waals surface area contributed by atoms with Crippen molar-refractivity contribution in [2.75, 3.05) is 7.11 Å². The van der Waals surface area contributed by atoms with Crippen molar-refractivity contribution in [3.8, 4) is 0 Å². The maximum absolute atomic E-state index is 13.2. The van der Waals surface area contributed by atoms with E-state index in [-0.39, 0.29) is 17.7 Å². The highest BCUT2D eigenvalue weighted by molar-refractivity contribution is 5.72. The van der Waals surface area contributed by atoms with Crippen molar-refractivity contribution in [1.29, 1.82) is 0 Å². The molecule has 0 saturated heterocycles. The fourth-order valence-corrected chi connectivity index (χ4v) is 2.84. The summed E-state index contributed by atoms with van der Waals surface area (Å²) in [6, 6.07) is 1.58. The second-order valence-corrected chi connectivity index (χ2v) is 5.34. The Morgan fingerprint density at radius 2 is 2.11 bits per heavy atom. The minimum absolute atomic E-state index is 0.0491. The summed E-state index contributed by atoms with van der Waals surface area (Å²) in [5, 5.41) is 0. The van der Waals surface area contributed by atoms with Gasteiger partial charge in [0.2, 0.25) is 0 Å². The normalized spacial score (nSPS) is 23.1. The molecule has 19 heavy (non-hydrogen) atoms. The minimum atomic E-state index is -0.274. The molecular weight excluding hydrogens is 245 g/mol. The van der Waals surface area contributed by atoms with Crippen LogP contribution in [0.15, 0.2) is 12.3 Å². The number of carbonyl (C=O) groups is 1. The number of nitrogens with zero attached hydrogens (tertiary/aromatic N) is 1. The van der Waals surface area contributed by atoms with Gasteiger partial charge in [-0.3, -0.25) is 9.78 Å². The van der Waals surface area contributed by atoms with Crippen molar-refractivity contribution in [1.82, 2.24) is 4.98 Å². The molecule has 104 valence electrons. The zero-order valence-electron chi connectivity index (χ0n) is 11.5. The van der Waals surface area contributed by atoms with E-state index in [2.05, 4.69) is 4.98 Å². The molecule has 1 aliphatic rings. The van der Waals surface area contributed by atoms with Gasteiger partial charge in [0.05, 0.1) is 19.2 Å². The Bertz CT molecular complexity index is 453. The molecule has 1 aromatic heterocycles. The highest BCUT2D eigenvalue weighted by atomic mass is 19.1. The number of carbonyl (C=O) groups excluding carboxylic acids is 1. The number of hydrogen-bond acceptors (Lipinski definition) is 3. The molecule has 0 aliphatic heterocycles. The molecule has 1 heterocycles. The van der Waals surface area contributed by atoms with Crippen LogP contribution in [0.2, 0.25) is 0 Å². The van der Waals surface area contributed by atoms with Crippen molar-refractivity contribution < 1.29 is 13.9 Å². The van der Waals surface area contributed by atoms with E-state index in [0.29, 0.717) is 5.92 Å². The van der Waals surface area contributed by atoms with Crippen LogP contribution in [0.5, 0.6) is 0 Å². The molecule has 0 spiro atoms. The second kappa shape index (κ2) is 6.13. The molecule has 4 heteroatoms. The van der Waals surface area contributed by atoms with Gasteiger partial charge in [-0.15, -0.1) is 0 Å². The Morgan fingerprint density at radius 1 is 1.42 bits per heavy atom. The van der Waals surface area contributed by atoms with Crippen LogP contribution in [0.1, 0.15) is 36.9 Å². The van der Waals surface area contributed by atoms with Gasteiger partial charge in [-0.25, -0.2) is 4.39 Å². The number of halogens is 1. The summed E-state index contributed by atoms with van der Waals surface area (Å²) in [6.07, 6.45) is 5.85. The summed E-state index contributed by atoms with van der Waals surface area (Å²) >= 11 is 0. The standard InChI is InChI=1S/C15H20FNO2/c1-10-13(8-14(16)9-17-10)7-11-3-5-12(6-4-11)15(18)19-2/h8-9,11-12H,3-7H2,1-2H3. The molecule has 3 nitrogen and oxygen atoms in total. The molecule has 1 aliphatic carbocycles. The van der Waals surface area contributed by atoms with Crippen molar-refractivity contribution in [2.24, 2.45) is 11.8 Å². The third-order valence-corrected chi connectivity index (χ3v) is 4.05. The Hall–Kier alpha value is -1.45. The average Bonchev–Trinajstić information content (AvgIpc) is 2.43. The zero-order valence-corrected chi connectivity index (χ0v) is 11.5. The van der Waals surface area contributed by atoms with Crippen LogP contribution in [0.4, 0.5) is 4.39 Å². The van der Waals surface area contributed by atoms with E-state index in [1.807, 2.05) is 6.92 Å². The average molecular weight is 265 g/mol. The van der Waals surface area contributed by atoms with Gasteiger partial charge in [0, 0.05) is 5.69 Å². The van der Waals surface area contributed by atoms with Crippen LogP contribution < -0.4 is 0 Å². The van der Waals surface area contributed by atoms with E-state index in [9.17, 15) is 9.18 Å². The van der Waals surface area contributed by atoms with Crippen LogP contribution in [0.25, 0.3) is 0 Å². The Morgan fingerprint density at radius 3 is 2.74 bits per heavy atom. The molecule has 0 radical (unpaired) electrons. The maximum Gasteiger partial charge on any atom is 0.308 e. The zero-order chi connectivity index (χ0) is 13.8. The molecule has 0 unspecified atom stereocenters. The number of methoxy groups -OCH3 is 1. The Kier molecular flexibility index (Phi) is 4.51. The summed E-state index contributed by atoms with van der Waals surface area (Å²) in [5.74, 6) is 0.196. The molecule has 2 rings (SSSR count). The highest BCUT2D eigenvalue weighted by Crippen LogP contribution is 2.32. The van der Waals surface area contributed by atoms with Crippen LogP contribution >= 0.6 is 0 Å². The van der Waals surface area contributed by atoms with Crippen LogP contribution in [0, 0.1) is 24.6 Å².